The van der Waals surface area contributed by atoms with Crippen LogP contribution in [0.4, 0.5) is 5.69 Å². The lowest BCUT2D eigenvalue weighted by atomic mass is 10.3. The van der Waals surface area contributed by atoms with Crippen molar-refractivity contribution >= 4 is 35.1 Å². The Labute approximate surface area is 176 Å². The van der Waals surface area contributed by atoms with Gasteiger partial charge in [-0.1, -0.05) is 30.0 Å². The first-order valence-corrected chi connectivity index (χ1v) is 11.1. The molecule has 29 heavy (non-hydrogen) atoms. The number of hydrogen-bond donors (Lipinski definition) is 2. The highest BCUT2D eigenvalue weighted by Gasteiger charge is 2.21. The second-order valence-corrected chi connectivity index (χ2v) is 8.79. The van der Waals surface area contributed by atoms with Gasteiger partial charge in [0.1, 0.15) is 11.5 Å². The molecule has 1 atom stereocenters. The van der Waals surface area contributed by atoms with E-state index in [0.717, 1.165) is 22.8 Å². The van der Waals surface area contributed by atoms with Crippen LogP contribution in [0.5, 0.6) is 11.5 Å². The number of rotatable bonds is 6. The van der Waals surface area contributed by atoms with Gasteiger partial charge in [0.2, 0.25) is 5.91 Å². The average Bonchev–Trinajstić information content (AvgIpc) is 3.19. The molecule has 3 aromatic rings. The fourth-order valence-electron chi connectivity index (χ4n) is 2.79. The Hall–Kier alpha value is -2.71. The number of benzene rings is 2. The summed E-state index contributed by atoms with van der Waals surface area (Å²) in [6.07, 6.45) is 0. The molecule has 4 rings (SSSR count). The van der Waals surface area contributed by atoms with Crippen molar-refractivity contribution in [2.45, 2.75) is 28.8 Å². The summed E-state index contributed by atoms with van der Waals surface area (Å²) < 4.78 is 5.75. The number of fused-ring (bicyclic) bond motifs is 1. The third-order valence-electron chi connectivity index (χ3n) is 4.32. The van der Waals surface area contributed by atoms with Crippen molar-refractivity contribution < 1.29 is 9.53 Å². The maximum atomic E-state index is 12.5. The molecular formula is C21H19N3O3S2. The second kappa shape index (κ2) is 8.75. The zero-order valence-corrected chi connectivity index (χ0v) is 17.3. The van der Waals surface area contributed by atoms with Gasteiger partial charge in [-0.05, 0) is 43.3 Å². The van der Waals surface area contributed by atoms with Crippen LogP contribution in [0.25, 0.3) is 0 Å². The summed E-state index contributed by atoms with van der Waals surface area (Å²) in [5.74, 6) is 2.72. The van der Waals surface area contributed by atoms with Gasteiger partial charge in [-0.3, -0.25) is 9.59 Å². The monoisotopic (exact) mass is 425 g/mol. The van der Waals surface area contributed by atoms with Crippen LogP contribution in [0.1, 0.15) is 18.2 Å². The molecule has 148 valence electrons. The molecule has 2 heterocycles. The van der Waals surface area contributed by atoms with Crippen molar-refractivity contribution in [1.29, 1.82) is 0 Å². The van der Waals surface area contributed by atoms with Crippen LogP contribution in [0.3, 0.4) is 0 Å². The molecule has 0 spiro atoms. The SMILES string of the molecule is CC(Sc1nc2c(c(=O)[nH]1)CSC2)C(=O)Nc1ccc(Oc2ccccc2)cc1. The van der Waals surface area contributed by atoms with Gasteiger partial charge in [-0.2, -0.15) is 11.8 Å². The third-order valence-corrected chi connectivity index (χ3v) is 6.28. The van der Waals surface area contributed by atoms with Gasteiger partial charge in [0.25, 0.3) is 5.56 Å². The molecule has 2 N–H and O–H groups in total. The van der Waals surface area contributed by atoms with E-state index in [9.17, 15) is 9.59 Å². The molecule has 1 aromatic heterocycles. The number of anilines is 1. The van der Waals surface area contributed by atoms with Crippen molar-refractivity contribution in [3.63, 3.8) is 0 Å². The van der Waals surface area contributed by atoms with Crippen LogP contribution in [-0.2, 0) is 16.3 Å². The van der Waals surface area contributed by atoms with Crippen molar-refractivity contribution in [2.75, 3.05) is 5.32 Å². The van der Waals surface area contributed by atoms with Crippen LogP contribution < -0.4 is 15.6 Å². The van der Waals surface area contributed by atoms with E-state index < -0.39 is 5.25 Å². The van der Waals surface area contributed by atoms with E-state index in [2.05, 4.69) is 15.3 Å². The highest BCUT2D eigenvalue weighted by Crippen LogP contribution is 2.28. The number of carbonyl (C=O) groups excluding carboxylic acids is 1. The molecule has 2 aromatic carbocycles. The first kappa shape index (κ1) is 19.6. The Morgan fingerprint density at radius 1 is 1.14 bits per heavy atom. The Morgan fingerprint density at radius 3 is 2.62 bits per heavy atom. The van der Waals surface area contributed by atoms with Crippen molar-refractivity contribution in [3.8, 4) is 11.5 Å². The van der Waals surface area contributed by atoms with Gasteiger partial charge in [0.05, 0.1) is 10.9 Å². The predicted octanol–water partition coefficient (Wildman–Crippen LogP) is 4.43. The summed E-state index contributed by atoms with van der Waals surface area (Å²) in [5, 5.41) is 2.95. The summed E-state index contributed by atoms with van der Waals surface area (Å²) in [6.45, 7) is 1.79. The Bertz CT molecular complexity index is 1070. The summed E-state index contributed by atoms with van der Waals surface area (Å²) >= 11 is 2.92. The van der Waals surface area contributed by atoms with Crippen LogP contribution >= 0.6 is 23.5 Å². The fourth-order valence-corrected chi connectivity index (χ4v) is 4.64. The van der Waals surface area contributed by atoms with Crippen LogP contribution in [-0.4, -0.2) is 21.1 Å². The Balaban J connectivity index is 1.36. The minimum Gasteiger partial charge on any atom is -0.457 e. The topological polar surface area (TPSA) is 84.1 Å². The van der Waals surface area contributed by atoms with E-state index in [1.807, 2.05) is 30.3 Å². The standard InChI is InChI=1S/C21H19N3O3S2/c1-13(29-21-23-18-12-28-11-17(18)20(26)24-21)19(25)22-14-7-9-16(10-8-14)27-15-5-3-2-4-6-15/h2-10,13H,11-12H2,1H3,(H,22,25)(H,23,24,26). The number of hydrogen-bond acceptors (Lipinski definition) is 6. The van der Waals surface area contributed by atoms with Crippen molar-refractivity contribution in [1.82, 2.24) is 9.97 Å². The normalized spacial score (nSPS) is 13.6. The van der Waals surface area contributed by atoms with E-state index in [1.165, 1.54) is 11.8 Å². The number of thioether (sulfide) groups is 2. The van der Waals surface area contributed by atoms with Crippen molar-refractivity contribution in [2.24, 2.45) is 0 Å². The van der Waals surface area contributed by atoms with E-state index in [-0.39, 0.29) is 11.5 Å². The third kappa shape index (κ3) is 4.83. The van der Waals surface area contributed by atoms with Gasteiger partial charge in [-0.25, -0.2) is 4.98 Å². The number of aromatic amines is 1. The zero-order valence-electron chi connectivity index (χ0n) is 15.7. The molecule has 1 aliphatic rings. The summed E-state index contributed by atoms with van der Waals surface area (Å²) in [6, 6.07) is 16.7. The molecule has 0 aliphatic carbocycles. The number of nitrogens with zero attached hydrogens (tertiary/aromatic N) is 1. The van der Waals surface area contributed by atoms with Gasteiger partial charge < -0.3 is 15.0 Å². The van der Waals surface area contributed by atoms with E-state index in [1.54, 1.807) is 43.0 Å². The maximum absolute atomic E-state index is 12.5. The van der Waals surface area contributed by atoms with E-state index in [0.29, 0.717) is 22.3 Å². The molecular weight excluding hydrogens is 406 g/mol. The van der Waals surface area contributed by atoms with E-state index >= 15 is 0 Å². The molecule has 0 saturated carbocycles. The maximum Gasteiger partial charge on any atom is 0.255 e. The summed E-state index contributed by atoms with van der Waals surface area (Å²) in [7, 11) is 0. The van der Waals surface area contributed by atoms with Crippen LogP contribution in [0.15, 0.2) is 64.5 Å². The zero-order chi connectivity index (χ0) is 20.2. The largest absolute Gasteiger partial charge is 0.457 e. The number of nitrogens with one attached hydrogen (secondary N) is 2. The number of aromatic nitrogens is 2. The lowest BCUT2D eigenvalue weighted by Crippen LogP contribution is -2.23. The van der Waals surface area contributed by atoms with Crippen LogP contribution in [0.2, 0.25) is 0 Å². The smallest absolute Gasteiger partial charge is 0.255 e. The molecule has 1 aliphatic heterocycles. The number of H-pyrrole nitrogens is 1. The van der Waals surface area contributed by atoms with Gasteiger partial charge in [0.15, 0.2) is 5.16 Å². The highest BCUT2D eigenvalue weighted by molar-refractivity contribution is 8.00. The Kier molecular flexibility index (Phi) is 5.92. The molecule has 1 unspecified atom stereocenters. The average molecular weight is 426 g/mol. The van der Waals surface area contributed by atoms with E-state index in [4.69, 9.17) is 4.74 Å². The quantitative estimate of drug-likeness (QED) is 0.449. The first-order valence-electron chi connectivity index (χ1n) is 9.09. The molecule has 0 radical (unpaired) electrons. The van der Waals surface area contributed by atoms with Crippen LogP contribution in [0, 0.1) is 0 Å². The molecule has 0 bridgehead atoms. The first-order chi connectivity index (χ1) is 14.1. The molecule has 0 fully saturated rings. The minimum atomic E-state index is -0.412. The van der Waals surface area contributed by atoms with Gasteiger partial charge in [0, 0.05) is 22.8 Å². The molecule has 6 nitrogen and oxygen atoms in total. The number of amides is 1. The van der Waals surface area contributed by atoms with Gasteiger partial charge in [-0.15, -0.1) is 0 Å². The highest BCUT2D eigenvalue weighted by atomic mass is 32.2. The summed E-state index contributed by atoms with van der Waals surface area (Å²) in [5.41, 5.74) is 2.14. The minimum absolute atomic E-state index is 0.107. The molecule has 1 amide bonds. The number of ether oxygens (including phenoxy) is 1. The fraction of sp³-hybridized carbons (Fsp3) is 0.190. The lowest BCUT2D eigenvalue weighted by Gasteiger charge is -2.12. The molecule has 8 heteroatoms. The number of para-hydroxylation sites is 1. The van der Waals surface area contributed by atoms with Crippen molar-refractivity contribution in [3.05, 3.63) is 76.2 Å². The number of carbonyl (C=O) groups is 1. The lowest BCUT2D eigenvalue weighted by molar-refractivity contribution is -0.115. The summed E-state index contributed by atoms with van der Waals surface area (Å²) in [4.78, 5) is 31.9. The second-order valence-electron chi connectivity index (χ2n) is 6.48. The molecule has 0 saturated heterocycles. The Morgan fingerprint density at radius 2 is 1.86 bits per heavy atom. The predicted molar refractivity (Wildman–Crippen MR) is 117 cm³/mol. The van der Waals surface area contributed by atoms with Gasteiger partial charge >= 0.3 is 0 Å².